The van der Waals surface area contributed by atoms with E-state index in [0.29, 0.717) is 5.92 Å². The van der Waals surface area contributed by atoms with Gasteiger partial charge in [0.1, 0.15) is 5.82 Å². The number of nitrogens with one attached hydrogen (secondary N) is 1. The number of amides is 1. The van der Waals surface area contributed by atoms with Crippen LogP contribution in [-0.2, 0) is 14.3 Å². The van der Waals surface area contributed by atoms with Crippen LogP contribution < -0.4 is 5.32 Å². The Bertz CT molecular complexity index is 599. The summed E-state index contributed by atoms with van der Waals surface area (Å²) in [6.07, 6.45) is 0.771. The largest absolute Gasteiger partial charge is 0.457 e. The molecule has 1 aliphatic carbocycles. The van der Waals surface area contributed by atoms with E-state index >= 15 is 0 Å². The lowest BCUT2D eigenvalue weighted by molar-refractivity contribution is -0.144. The van der Waals surface area contributed by atoms with Gasteiger partial charge in [-0.2, -0.15) is 0 Å². The van der Waals surface area contributed by atoms with Crippen molar-refractivity contribution in [3.8, 4) is 0 Å². The number of esters is 1. The van der Waals surface area contributed by atoms with E-state index in [1.807, 2.05) is 6.92 Å². The van der Waals surface area contributed by atoms with E-state index in [1.165, 1.54) is 19.1 Å². The maximum atomic E-state index is 13.8. The van der Waals surface area contributed by atoms with Crippen molar-refractivity contribution >= 4 is 23.3 Å². The van der Waals surface area contributed by atoms with Crippen molar-refractivity contribution in [1.29, 1.82) is 0 Å². The fourth-order valence-electron chi connectivity index (χ4n) is 1.99. The smallest absolute Gasteiger partial charge is 0.309 e. The number of hydrogen-bond donors (Lipinski definition) is 1. The molecule has 5 nitrogen and oxygen atoms in total. The molecule has 1 N–H and O–H groups in total. The van der Waals surface area contributed by atoms with Crippen molar-refractivity contribution < 1.29 is 23.5 Å². The van der Waals surface area contributed by atoms with Gasteiger partial charge >= 0.3 is 5.97 Å². The minimum atomic E-state index is -0.762. The second-order valence-corrected chi connectivity index (χ2v) is 5.23. The van der Waals surface area contributed by atoms with Crippen molar-refractivity contribution in [1.82, 2.24) is 0 Å². The number of halogens is 1. The minimum absolute atomic E-state index is 0.134. The van der Waals surface area contributed by atoms with Gasteiger partial charge in [-0.1, -0.05) is 6.92 Å². The van der Waals surface area contributed by atoms with Crippen LogP contribution in [0.4, 0.5) is 10.1 Å². The molecule has 1 fully saturated rings. The SMILES string of the molecule is CC(=O)Nc1ccc(C(=O)COC(=O)[C@H]2C[C@H]2C)c(F)c1. The van der Waals surface area contributed by atoms with Crippen molar-refractivity contribution in [2.45, 2.75) is 20.3 Å². The second kappa shape index (κ2) is 6.03. The predicted octanol–water partition coefficient (Wildman–Crippen LogP) is 2.17. The zero-order chi connectivity index (χ0) is 15.6. The number of carbonyl (C=O) groups is 3. The molecule has 0 heterocycles. The molecule has 1 saturated carbocycles. The highest BCUT2D eigenvalue weighted by molar-refractivity contribution is 5.99. The zero-order valence-electron chi connectivity index (χ0n) is 11.8. The van der Waals surface area contributed by atoms with Crippen LogP contribution in [0.2, 0.25) is 0 Å². The van der Waals surface area contributed by atoms with Crippen LogP contribution in [-0.4, -0.2) is 24.3 Å². The summed E-state index contributed by atoms with van der Waals surface area (Å²) in [5.41, 5.74) is 0.0982. The van der Waals surface area contributed by atoms with Crippen molar-refractivity contribution in [2.75, 3.05) is 11.9 Å². The van der Waals surface area contributed by atoms with Crippen LogP contribution in [0.15, 0.2) is 18.2 Å². The summed E-state index contributed by atoms with van der Waals surface area (Å²) >= 11 is 0. The summed E-state index contributed by atoms with van der Waals surface area (Å²) in [5, 5.41) is 2.41. The molecule has 2 atom stereocenters. The van der Waals surface area contributed by atoms with Gasteiger partial charge in [0.2, 0.25) is 11.7 Å². The summed E-state index contributed by atoms with van der Waals surface area (Å²) in [6, 6.07) is 3.73. The normalized spacial score (nSPS) is 19.8. The Labute approximate surface area is 121 Å². The lowest BCUT2D eigenvalue weighted by atomic mass is 10.1. The molecule has 0 radical (unpaired) electrons. The number of Topliss-reactive ketones (excluding diaryl/α,β-unsaturated/α-hetero) is 1. The first-order valence-corrected chi connectivity index (χ1v) is 6.65. The highest BCUT2D eigenvalue weighted by Crippen LogP contribution is 2.38. The van der Waals surface area contributed by atoms with E-state index in [1.54, 1.807) is 0 Å². The van der Waals surface area contributed by atoms with Crippen LogP contribution in [0.25, 0.3) is 0 Å². The molecule has 1 aliphatic rings. The third kappa shape index (κ3) is 3.87. The molecule has 6 heteroatoms. The average molecular weight is 293 g/mol. The lowest BCUT2D eigenvalue weighted by Crippen LogP contribution is -2.17. The molecule has 1 amide bonds. The van der Waals surface area contributed by atoms with E-state index in [2.05, 4.69) is 5.32 Å². The Balaban J connectivity index is 1.95. The Hall–Kier alpha value is -2.24. The first-order chi connectivity index (χ1) is 9.88. The van der Waals surface area contributed by atoms with Crippen LogP contribution in [0, 0.1) is 17.7 Å². The molecule has 0 aromatic heterocycles. The highest BCUT2D eigenvalue weighted by Gasteiger charge is 2.40. The number of ketones is 1. The number of anilines is 1. The van der Waals surface area contributed by atoms with E-state index in [9.17, 15) is 18.8 Å². The summed E-state index contributed by atoms with van der Waals surface area (Å²) in [4.78, 5) is 34.2. The number of carbonyl (C=O) groups excluding carboxylic acids is 3. The number of ether oxygens (including phenoxy) is 1. The molecule has 0 saturated heterocycles. The van der Waals surface area contributed by atoms with Crippen LogP contribution in [0.1, 0.15) is 30.6 Å². The van der Waals surface area contributed by atoms with Crippen molar-refractivity contribution in [3.63, 3.8) is 0 Å². The van der Waals surface area contributed by atoms with Crippen LogP contribution in [0.3, 0.4) is 0 Å². The van der Waals surface area contributed by atoms with E-state index < -0.39 is 24.2 Å². The molecule has 112 valence electrons. The van der Waals surface area contributed by atoms with Gasteiger partial charge in [0, 0.05) is 12.6 Å². The van der Waals surface area contributed by atoms with E-state index in [0.717, 1.165) is 12.5 Å². The van der Waals surface area contributed by atoms with Gasteiger partial charge in [0.15, 0.2) is 6.61 Å². The van der Waals surface area contributed by atoms with Crippen molar-refractivity contribution in [2.24, 2.45) is 11.8 Å². The molecular weight excluding hydrogens is 277 g/mol. The first kappa shape index (κ1) is 15.2. The summed E-state index contributed by atoms with van der Waals surface area (Å²) in [7, 11) is 0. The topological polar surface area (TPSA) is 72.5 Å². The maximum Gasteiger partial charge on any atom is 0.309 e. The van der Waals surface area contributed by atoms with Gasteiger partial charge in [-0.25, -0.2) is 4.39 Å². The molecular formula is C15H16FNO4. The van der Waals surface area contributed by atoms with Crippen LogP contribution in [0.5, 0.6) is 0 Å². The summed E-state index contributed by atoms with van der Waals surface area (Å²) in [6.45, 7) is 2.75. The molecule has 1 aromatic rings. The molecule has 21 heavy (non-hydrogen) atoms. The molecule has 0 bridgehead atoms. The van der Waals surface area contributed by atoms with Crippen molar-refractivity contribution in [3.05, 3.63) is 29.6 Å². The van der Waals surface area contributed by atoms with Gasteiger partial charge < -0.3 is 10.1 Å². The highest BCUT2D eigenvalue weighted by atomic mass is 19.1. The Morgan fingerprint density at radius 3 is 2.57 bits per heavy atom. The fourth-order valence-corrected chi connectivity index (χ4v) is 1.99. The summed E-state index contributed by atoms with van der Waals surface area (Å²) < 4.78 is 18.7. The van der Waals surface area contributed by atoms with E-state index in [4.69, 9.17) is 4.74 Å². The molecule has 1 aromatic carbocycles. The molecule has 2 rings (SSSR count). The minimum Gasteiger partial charge on any atom is -0.457 e. The molecule has 0 unspecified atom stereocenters. The van der Waals surface area contributed by atoms with Gasteiger partial charge in [-0.05, 0) is 30.5 Å². The lowest BCUT2D eigenvalue weighted by Gasteiger charge is -2.07. The maximum absolute atomic E-state index is 13.8. The summed E-state index contributed by atoms with van der Waals surface area (Å²) in [5.74, 6) is -1.95. The fraction of sp³-hybridized carbons (Fsp3) is 0.400. The predicted molar refractivity (Wildman–Crippen MR) is 73.3 cm³/mol. The second-order valence-electron chi connectivity index (χ2n) is 5.23. The van der Waals surface area contributed by atoms with Crippen LogP contribution >= 0.6 is 0 Å². The van der Waals surface area contributed by atoms with E-state index in [-0.39, 0.29) is 23.1 Å². The van der Waals surface area contributed by atoms with Gasteiger partial charge in [0.05, 0.1) is 11.5 Å². The average Bonchev–Trinajstić information content (AvgIpc) is 3.12. The Kier molecular flexibility index (Phi) is 4.35. The Morgan fingerprint density at radius 1 is 1.38 bits per heavy atom. The number of benzene rings is 1. The van der Waals surface area contributed by atoms with Gasteiger partial charge in [0.25, 0.3) is 0 Å². The molecule has 0 spiro atoms. The number of hydrogen-bond acceptors (Lipinski definition) is 4. The Morgan fingerprint density at radius 2 is 2.05 bits per heavy atom. The quantitative estimate of drug-likeness (QED) is 0.667. The monoisotopic (exact) mass is 293 g/mol. The third-order valence-electron chi connectivity index (χ3n) is 3.35. The third-order valence-corrected chi connectivity index (χ3v) is 3.35. The standard InChI is InChI=1S/C15H16FNO4/c1-8-5-12(8)15(20)21-7-14(19)11-4-3-10(6-13(11)16)17-9(2)18/h3-4,6,8,12H,5,7H2,1-2H3,(H,17,18)/t8-,12+/m1/s1. The molecule has 0 aliphatic heterocycles. The van der Waals surface area contributed by atoms with Gasteiger partial charge in [-0.15, -0.1) is 0 Å². The van der Waals surface area contributed by atoms with Gasteiger partial charge in [-0.3, -0.25) is 14.4 Å². The first-order valence-electron chi connectivity index (χ1n) is 6.65. The zero-order valence-corrected chi connectivity index (χ0v) is 11.8. The number of rotatable bonds is 5.